The van der Waals surface area contributed by atoms with Gasteiger partial charge in [0, 0.05) is 29.4 Å². The Kier molecular flexibility index (Phi) is 37.7. The van der Waals surface area contributed by atoms with Gasteiger partial charge < -0.3 is 35.7 Å². The Morgan fingerprint density at radius 1 is 0.649 bits per heavy atom. The van der Waals surface area contributed by atoms with Gasteiger partial charge in [0.25, 0.3) is 0 Å². The molecule has 2 aromatic carbocycles. The molecule has 0 spiro atoms. The minimum atomic E-state index is -1.50. The van der Waals surface area contributed by atoms with E-state index in [9.17, 15) is 63.0 Å². The van der Waals surface area contributed by atoms with Crippen LogP contribution in [0.2, 0.25) is 0 Å². The van der Waals surface area contributed by atoms with Gasteiger partial charge in [0.2, 0.25) is 34.9 Å². The first-order chi connectivity index (χ1) is 44.2. The molecule has 1 fully saturated rings. The number of nitrogens with one attached hydrogen (secondary N) is 7. The molecule has 11 atom stereocenters. The zero-order valence-corrected chi connectivity index (χ0v) is 57.7. The summed E-state index contributed by atoms with van der Waals surface area (Å²) in [6.07, 6.45) is 16.1. The summed E-state index contributed by atoms with van der Waals surface area (Å²) in [4.78, 5) is 141. The topological polar surface area (TPSA) is 388 Å². The van der Waals surface area contributed by atoms with E-state index in [1.165, 1.54) is 60.8 Å². The lowest BCUT2D eigenvalue weighted by molar-refractivity contribution is -0.142. The van der Waals surface area contributed by atoms with E-state index in [1.807, 2.05) is 82.3 Å². The molecule has 0 radical (unpaired) electrons. The number of nitrogens with two attached hydrogens (primary N) is 2. The van der Waals surface area contributed by atoms with E-state index in [-0.39, 0.29) is 73.0 Å². The van der Waals surface area contributed by atoms with Crippen molar-refractivity contribution in [3.05, 3.63) is 84.1 Å². The first-order valence-corrected chi connectivity index (χ1v) is 33.3. The second-order valence-electron chi connectivity index (χ2n) is 26.3. The molecule has 0 unspecified atom stereocenters. The first-order valence-electron chi connectivity index (χ1n) is 33.3. The maximum atomic E-state index is 13.8. The summed E-state index contributed by atoms with van der Waals surface area (Å²) >= 11 is 0. The van der Waals surface area contributed by atoms with Crippen molar-refractivity contribution in [2.75, 3.05) is 0 Å². The zero-order chi connectivity index (χ0) is 70.9. The van der Waals surface area contributed by atoms with Gasteiger partial charge >= 0.3 is 5.97 Å². The number of para-hydroxylation sites is 1. The molecule has 0 bridgehead atoms. The van der Waals surface area contributed by atoms with E-state index in [0.717, 1.165) is 79.8 Å². The van der Waals surface area contributed by atoms with Crippen molar-refractivity contribution >= 4 is 75.0 Å². The van der Waals surface area contributed by atoms with Crippen LogP contribution >= 0.6 is 0 Å². The molecule has 1 aliphatic rings. The Labute approximate surface area is 556 Å². The van der Waals surface area contributed by atoms with Crippen LogP contribution in [0, 0.1) is 17.8 Å². The Morgan fingerprint density at radius 2 is 1.20 bits per heavy atom. The third-order valence-electron chi connectivity index (χ3n) is 17.4. The van der Waals surface area contributed by atoms with Gasteiger partial charge in [0.05, 0.1) is 41.4 Å². The minimum Gasteiger partial charge on any atom is -0.481 e. The molecular weight excluding hydrogens is 1200 g/mol. The third kappa shape index (κ3) is 29.0. The van der Waals surface area contributed by atoms with E-state index in [1.54, 1.807) is 20.0 Å². The number of allylic oxidation sites excluding steroid dienone is 2. The number of hydrazine groups is 2. The Morgan fingerprint density at radius 3 is 1.72 bits per heavy atom. The molecule has 0 saturated heterocycles. The fourth-order valence-electron chi connectivity index (χ4n) is 11.1. The fourth-order valence-corrected chi connectivity index (χ4v) is 11.1. The summed E-state index contributed by atoms with van der Waals surface area (Å²) in [5.41, 5.74) is 5.20. The highest BCUT2D eigenvalue weighted by Crippen LogP contribution is 2.34. The lowest BCUT2D eigenvalue weighted by atomic mass is 9.78. The number of Topliss-reactive ketones (excluding diaryl/α,β-unsaturated/α-hetero) is 8. The van der Waals surface area contributed by atoms with Crippen molar-refractivity contribution in [1.82, 2.24) is 37.1 Å². The molecule has 3 aromatic rings. The highest BCUT2D eigenvalue weighted by atomic mass is 16.4. The van der Waals surface area contributed by atoms with Gasteiger partial charge in [0.1, 0.15) is 35.5 Å². The van der Waals surface area contributed by atoms with Crippen LogP contribution in [-0.4, -0.2) is 144 Å². The number of aliphatic hydroxyl groups excluding tert-OH is 2. The van der Waals surface area contributed by atoms with E-state index in [2.05, 4.69) is 49.3 Å². The number of aliphatic carboxylic acids is 1. The quantitative estimate of drug-likeness (QED) is 0.00932. The number of unbranched alkanes of at least 4 members (excludes halogenated alkanes) is 5. The van der Waals surface area contributed by atoms with Crippen molar-refractivity contribution in [3.63, 3.8) is 0 Å². The predicted molar refractivity (Wildman–Crippen MR) is 363 cm³/mol. The molecule has 1 aliphatic carbocycles. The van der Waals surface area contributed by atoms with Crippen LogP contribution in [0.25, 0.3) is 10.9 Å². The molecule has 14 N–H and O–H groups in total. The molecule has 94 heavy (non-hydrogen) atoms. The number of benzene rings is 2. The van der Waals surface area contributed by atoms with E-state index < -0.39 is 94.5 Å². The number of H-pyrrole nitrogens is 1. The van der Waals surface area contributed by atoms with Gasteiger partial charge in [-0.15, -0.1) is 0 Å². The molecule has 1 aromatic heterocycles. The third-order valence-corrected chi connectivity index (χ3v) is 17.4. The van der Waals surface area contributed by atoms with Crippen molar-refractivity contribution in [1.29, 1.82) is 0 Å². The lowest BCUT2D eigenvalue weighted by Crippen LogP contribution is -2.61. The van der Waals surface area contributed by atoms with Crippen molar-refractivity contribution < 1.29 is 68.1 Å². The van der Waals surface area contributed by atoms with E-state index in [4.69, 9.17) is 16.8 Å². The van der Waals surface area contributed by atoms with E-state index >= 15 is 0 Å². The molecule has 1 heterocycles. The zero-order valence-electron chi connectivity index (χ0n) is 57.7. The standard InChI is InChI=1S/C47H77N5O7.C21H28N4O6.C3H6O/c1-9-38(30-36-25-22-26-36)44(58)51-47(8,35(6)55)28-21-16-14-12-10-11-13-15-20-27-46(7,34(5)54)50-39(29-32(2)3)42(56)43(57)41(33(4)53)49-45(59)40(52-48)31-37-23-18-17-19-24-37;1-11(26)17(9-13-10-23-15-6-4-3-5-14(13)15)24-16(7-8-18(28)29)20(30)21(31)19(25-22)12(2)27;1-3(2)4/h12,14,17-19,23-24,32-33,36,38-41,50,52-53H,9-11,13,15-16,20-22,25-31,48H2,1-8H3,(H,49,59)(H,51,58);3-6,10,12,16-17,19,23-25,27H,7-9,22H2,1-2H3,(H,28,29);1-2H3/b14-12+;;/t33-,38+,39+,40+,41+,46-,47+;12-,16+,17+,19+;/m11./s1. The van der Waals surface area contributed by atoms with E-state index in [0.29, 0.717) is 18.8 Å². The maximum Gasteiger partial charge on any atom is 0.303 e. The second-order valence-corrected chi connectivity index (χ2v) is 26.3. The summed E-state index contributed by atoms with van der Waals surface area (Å²) in [5.74, 6) is 5.83. The van der Waals surface area contributed by atoms with Crippen LogP contribution in [0.4, 0.5) is 0 Å². The number of amides is 2. The van der Waals surface area contributed by atoms with Crippen LogP contribution in [0.3, 0.4) is 0 Å². The molecule has 0 aliphatic heterocycles. The van der Waals surface area contributed by atoms with Gasteiger partial charge in [0.15, 0.2) is 5.78 Å². The van der Waals surface area contributed by atoms with Gasteiger partial charge in [-0.1, -0.05) is 120 Å². The fraction of sp³-hybridized carbons (Fsp3) is 0.620. The number of carboxylic acids is 1. The molecule has 23 heteroatoms. The molecular formula is C71H111N9O14. The van der Waals surface area contributed by atoms with Gasteiger partial charge in [-0.2, -0.15) is 0 Å². The Hall–Kier alpha value is -6.83. The monoisotopic (exact) mass is 1310 g/mol. The number of carbonyl (C=O) groups is 11. The minimum absolute atomic E-state index is 0.00382. The van der Waals surface area contributed by atoms with Crippen molar-refractivity contribution in [2.45, 2.75) is 265 Å². The normalized spacial score (nSPS) is 16.5. The number of fused-ring (bicyclic) bond motifs is 1. The predicted octanol–water partition coefficient (Wildman–Crippen LogP) is 6.60. The second kappa shape index (κ2) is 42.6. The SMILES string of the molecule is CC(=O)[C@H](Cc1c[nH]c2ccccc12)N[C@@H](CCC(=O)O)C(=O)C(=O)[C@@H](NN)[C@@H](C)O.CC(C)=O.CC[C@@H](CC1CCC1)C(=O)N[C@@](C)(CCC/C=C/CCCCCC[C@@](C)(N[C@@H](CC(C)C)C(=O)C(=O)[C@@H](NC(=O)[C@H](Cc1ccccc1)NN)[C@@H](C)O)C(C)=O)C(C)=O. The molecule has 2 amide bonds. The number of aromatic amines is 1. The summed E-state index contributed by atoms with van der Waals surface area (Å²) in [6.45, 7) is 19.6. The summed E-state index contributed by atoms with van der Waals surface area (Å²) in [7, 11) is 0. The number of aromatic nitrogens is 1. The van der Waals surface area contributed by atoms with Gasteiger partial charge in [-0.25, -0.2) is 10.9 Å². The smallest absolute Gasteiger partial charge is 0.303 e. The largest absolute Gasteiger partial charge is 0.481 e. The summed E-state index contributed by atoms with van der Waals surface area (Å²) in [6, 6.07) is 9.92. The molecule has 4 rings (SSSR count). The summed E-state index contributed by atoms with van der Waals surface area (Å²) < 4.78 is 0. The van der Waals surface area contributed by atoms with Gasteiger partial charge in [-0.3, -0.25) is 70.3 Å². The van der Waals surface area contributed by atoms with Gasteiger partial charge in [-0.05, 0) is 168 Å². The average molecular weight is 1310 g/mol. The summed E-state index contributed by atoms with van der Waals surface area (Å²) in [5, 5.41) is 41.9. The molecule has 23 nitrogen and oxygen atoms in total. The Balaban J connectivity index is 0.000000714. The lowest BCUT2D eigenvalue weighted by Gasteiger charge is -2.34. The van der Waals surface area contributed by atoms with Crippen molar-refractivity contribution in [3.8, 4) is 0 Å². The van der Waals surface area contributed by atoms with Crippen LogP contribution in [0.1, 0.15) is 203 Å². The first kappa shape index (κ1) is 83.3. The number of ketones is 8. The average Bonchev–Trinajstić information content (AvgIpc) is 1.52. The number of hydrogen-bond acceptors (Lipinski definition) is 19. The van der Waals surface area contributed by atoms with Crippen LogP contribution in [0.5, 0.6) is 0 Å². The molecule has 524 valence electrons. The van der Waals surface area contributed by atoms with Crippen molar-refractivity contribution in [2.24, 2.45) is 29.4 Å². The van der Waals surface area contributed by atoms with Crippen LogP contribution < -0.4 is 43.8 Å². The number of rotatable bonds is 44. The number of aliphatic hydroxyl groups is 2. The Bertz CT molecular complexity index is 2960. The highest BCUT2D eigenvalue weighted by Gasteiger charge is 2.41. The maximum absolute atomic E-state index is 13.8. The number of hydrogen-bond donors (Lipinski definition) is 12. The highest BCUT2D eigenvalue weighted by molar-refractivity contribution is 6.42. The number of carbonyl (C=O) groups excluding carboxylic acids is 10. The number of carboxylic acid groups (broad SMARTS) is 1. The van der Waals surface area contributed by atoms with Crippen LogP contribution in [-0.2, 0) is 65.6 Å². The molecule has 1 saturated carbocycles. The van der Waals surface area contributed by atoms with Crippen LogP contribution in [0.15, 0.2) is 72.9 Å².